The van der Waals surface area contributed by atoms with Gasteiger partial charge in [-0.15, -0.1) is 10.2 Å². The van der Waals surface area contributed by atoms with E-state index in [1.165, 1.54) is 5.56 Å². The highest BCUT2D eigenvalue weighted by Gasteiger charge is 2.16. The molecule has 0 amide bonds. The van der Waals surface area contributed by atoms with Crippen molar-refractivity contribution in [1.29, 1.82) is 0 Å². The summed E-state index contributed by atoms with van der Waals surface area (Å²) in [6, 6.07) is 12.5. The number of benzene rings is 1. The lowest BCUT2D eigenvalue weighted by Gasteiger charge is -1.97. The third kappa shape index (κ3) is 2.82. The molecule has 0 aliphatic carbocycles. The Labute approximate surface area is 143 Å². The molecule has 4 aromatic rings. The molecule has 0 unspecified atom stereocenters. The maximum Gasteiger partial charge on any atom is 0.235 e. The van der Waals surface area contributed by atoms with E-state index >= 15 is 0 Å². The molecule has 0 saturated carbocycles. The van der Waals surface area contributed by atoms with Crippen molar-refractivity contribution in [2.45, 2.75) is 32.6 Å². The average molecular weight is 338 g/mol. The number of hydrogen-bond donors (Lipinski definition) is 1. The summed E-state index contributed by atoms with van der Waals surface area (Å²) < 4.78 is 1.80. The molecule has 0 aliphatic heterocycles. The van der Waals surface area contributed by atoms with Gasteiger partial charge in [-0.25, -0.2) is 0 Å². The molecule has 0 atom stereocenters. The van der Waals surface area contributed by atoms with Crippen LogP contribution in [0.4, 0.5) is 0 Å². The van der Waals surface area contributed by atoms with Gasteiger partial charge in [-0.05, 0) is 24.0 Å². The Kier molecular flexibility index (Phi) is 3.86. The van der Waals surface area contributed by atoms with Crippen molar-refractivity contribution in [3.8, 4) is 11.5 Å². The zero-order valence-electron chi connectivity index (χ0n) is 13.6. The summed E-state index contributed by atoms with van der Waals surface area (Å²) in [6.07, 6.45) is 1.87. The Balaban J connectivity index is 1.58. The van der Waals surface area contributed by atoms with Crippen LogP contribution in [0.3, 0.4) is 0 Å². The Bertz CT molecular complexity index is 950. The lowest BCUT2D eigenvalue weighted by atomic mass is 10.1. The van der Waals surface area contributed by atoms with Crippen molar-refractivity contribution in [1.82, 2.24) is 30.0 Å². The minimum Gasteiger partial charge on any atom is -0.282 e. The number of H-pyrrole nitrogens is 1. The summed E-state index contributed by atoms with van der Waals surface area (Å²) in [6.45, 7) is 4.25. The summed E-state index contributed by atoms with van der Waals surface area (Å²) in [5.74, 6) is 1.09. The molecular formula is C17H18N6S. The normalized spacial score (nSPS) is 11.6. The first-order valence-electron chi connectivity index (χ1n) is 8.01. The minimum absolute atomic E-state index is 0.395. The molecule has 3 aromatic heterocycles. The number of hydrogen-bond acceptors (Lipinski definition) is 5. The second kappa shape index (κ2) is 6.16. The van der Waals surface area contributed by atoms with Gasteiger partial charge in [0, 0.05) is 12.1 Å². The number of nitrogens with one attached hydrogen (secondary N) is 1. The summed E-state index contributed by atoms with van der Waals surface area (Å²) in [5, 5.41) is 21.6. The summed E-state index contributed by atoms with van der Waals surface area (Å²) in [4.78, 5) is 0.808. The van der Waals surface area contributed by atoms with Crippen molar-refractivity contribution >= 4 is 16.3 Å². The Morgan fingerprint density at radius 2 is 1.96 bits per heavy atom. The van der Waals surface area contributed by atoms with E-state index in [4.69, 9.17) is 0 Å². The van der Waals surface area contributed by atoms with Gasteiger partial charge >= 0.3 is 0 Å². The largest absolute Gasteiger partial charge is 0.282 e. The molecule has 0 aliphatic rings. The Morgan fingerprint density at radius 1 is 1.12 bits per heavy atom. The van der Waals surface area contributed by atoms with E-state index in [1.807, 2.05) is 12.1 Å². The molecule has 0 bridgehead atoms. The predicted molar refractivity (Wildman–Crippen MR) is 94.2 cm³/mol. The molecule has 0 fully saturated rings. The first kappa shape index (κ1) is 15.0. The van der Waals surface area contributed by atoms with Crippen LogP contribution in [0.25, 0.3) is 16.5 Å². The topological polar surface area (TPSA) is 71.8 Å². The minimum atomic E-state index is 0.395. The van der Waals surface area contributed by atoms with Crippen LogP contribution in [0.1, 0.15) is 36.0 Å². The van der Waals surface area contributed by atoms with Crippen LogP contribution < -0.4 is 0 Å². The fraction of sp³-hybridized carbons (Fsp3) is 0.294. The summed E-state index contributed by atoms with van der Waals surface area (Å²) in [7, 11) is 0. The standard InChI is InChI=1S/C17H18N6S/c1-11(2)13-10-14(19-18-13)16-20-21-17-23(16)22-15(24-17)9-8-12-6-4-3-5-7-12/h3-7,10-11H,8-9H2,1-2H3,(H,18,19). The van der Waals surface area contributed by atoms with Crippen molar-refractivity contribution in [3.05, 3.63) is 52.7 Å². The average Bonchev–Trinajstić information content (AvgIpc) is 3.28. The molecule has 6 nitrogen and oxygen atoms in total. The number of rotatable bonds is 5. The molecule has 24 heavy (non-hydrogen) atoms. The smallest absolute Gasteiger partial charge is 0.235 e. The van der Waals surface area contributed by atoms with Gasteiger partial charge in [-0.3, -0.25) is 5.10 Å². The highest BCUT2D eigenvalue weighted by atomic mass is 32.1. The lowest BCUT2D eigenvalue weighted by Crippen LogP contribution is -1.95. The second-order valence-corrected chi connectivity index (χ2v) is 7.10. The molecule has 0 saturated heterocycles. The number of aromatic nitrogens is 6. The van der Waals surface area contributed by atoms with Crippen LogP contribution in [-0.4, -0.2) is 30.0 Å². The van der Waals surface area contributed by atoms with Crippen LogP contribution in [0.15, 0.2) is 36.4 Å². The van der Waals surface area contributed by atoms with Crippen LogP contribution in [0.2, 0.25) is 0 Å². The fourth-order valence-electron chi connectivity index (χ4n) is 2.56. The number of aryl methyl sites for hydroxylation is 2. The summed E-state index contributed by atoms with van der Waals surface area (Å²) >= 11 is 1.59. The molecular weight excluding hydrogens is 320 g/mol. The highest BCUT2D eigenvalue weighted by Crippen LogP contribution is 2.23. The third-order valence-corrected chi connectivity index (χ3v) is 4.91. The van der Waals surface area contributed by atoms with Crippen molar-refractivity contribution in [2.75, 3.05) is 0 Å². The van der Waals surface area contributed by atoms with E-state index in [1.54, 1.807) is 15.9 Å². The van der Waals surface area contributed by atoms with E-state index in [2.05, 4.69) is 63.6 Å². The molecule has 7 heteroatoms. The van der Waals surface area contributed by atoms with Crippen LogP contribution in [-0.2, 0) is 12.8 Å². The molecule has 0 spiro atoms. The highest BCUT2D eigenvalue weighted by molar-refractivity contribution is 7.16. The zero-order chi connectivity index (χ0) is 16.5. The number of fused-ring (bicyclic) bond motifs is 1. The van der Waals surface area contributed by atoms with Crippen LogP contribution >= 0.6 is 11.3 Å². The maximum atomic E-state index is 4.67. The van der Waals surface area contributed by atoms with E-state index in [0.29, 0.717) is 11.7 Å². The predicted octanol–water partition coefficient (Wildman–Crippen LogP) is 3.48. The van der Waals surface area contributed by atoms with Gasteiger partial charge in [0.25, 0.3) is 0 Å². The first-order chi connectivity index (χ1) is 11.7. The number of aromatic amines is 1. The van der Waals surface area contributed by atoms with Gasteiger partial charge in [0.1, 0.15) is 10.7 Å². The molecule has 3 heterocycles. The van der Waals surface area contributed by atoms with Crippen LogP contribution in [0, 0.1) is 0 Å². The third-order valence-electron chi connectivity index (χ3n) is 3.95. The second-order valence-electron chi connectivity index (χ2n) is 6.06. The first-order valence-corrected chi connectivity index (χ1v) is 8.83. The van der Waals surface area contributed by atoms with Gasteiger partial charge in [0.2, 0.25) is 10.8 Å². The SMILES string of the molecule is CC(C)c1cc(-c2nnc3sc(CCc4ccccc4)nn23)n[nH]1. The monoisotopic (exact) mass is 338 g/mol. The zero-order valence-corrected chi connectivity index (χ0v) is 14.4. The van der Waals surface area contributed by atoms with Crippen LogP contribution in [0.5, 0.6) is 0 Å². The Morgan fingerprint density at radius 3 is 2.71 bits per heavy atom. The van der Waals surface area contributed by atoms with Crippen molar-refractivity contribution in [2.24, 2.45) is 0 Å². The quantitative estimate of drug-likeness (QED) is 0.605. The van der Waals surface area contributed by atoms with Gasteiger partial charge in [-0.1, -0.05) is 55.5 Å². The molecule has 0 radical (unpaired) electrons. The summed E-state index contributed by atoms with van der Waals surface area (Å²) in [5.41, 5.74) is 3.19. The molecule has 1 N–H and O–H groups in total. The van der Waals surface area contributed by atoms with Crippen molar-refractivity contribution < 1.29 is 0 Å². The van der Waals surface area contributed by atoms with Gasteiger partial charge in [-0.2, -0.15) is 14.7 Å². The maximum absolute atomic E-state index is 4.67. The van der Waals surface area contributed by atoms with Gasteiger partial charge in [0.05, 0.1) is 0 Å². The van der Waals surface area contributed by atoms with E-state index < -0.39 is 0 Å². The lowest BCUT2D eigenvalue weighted by molar-refractivity contribution is 0.810. The Hall–Kier alpha value is -2.54. The van der Waals surface area contributed by atoms with E-state index in [0.717, 1.165) is 34.2 Å². The van der Waals surface area contributed by atoms with Gasteiger partial charge < -0.3 is 0 Å². The molecule has 4 rings (SSSR count). The fourth-order valence-corrected chi connectivity index (χ4v) is 3.39. The number of nitrogens with zero attached hydrogens (tertiary/aromatic N) is 5. The molecule has 122 valence electrons. The molecule has 1 aromatic carbocycles. The van der Waals surface area contributed by atoms with E-state index in [-0.39, 0.29) is 0 Å². The van der Waals surface area contributed by atoms with Crippen molar-refractivity contribution in [3.63, 3.8) is 0 Å². The van der Waals surface area contributed by atoms with E-state index in [9.17, 15) is 0 Å². The van der Waals surface area contributed by atoms with Gasteiger partial charge in [0.15, 0.2) is 0 Å².